The van der Waals surface area contributed by atoms with Gasteiger partial charge in [0.25, 0.3) is 11.8 Å². The van der Waals surface area contributed by atoms with Crippen LogP contribution in [0, 0.1) is 0 Å². The molecule has 21 heavy (non-hydrogen) atoms. The summed E-state index contributed by atoms with van der Waals surface area (Å²) < 4.78 is 5.52. The molecule has 0 radical (unpaired) electrons. The zero-order valence-electron chi connectivity index (χ0n) is 11.7. The largest absolute Gasteiger partial charge is 0.374 e. The maximum absolute atomic E-state index is 12.2. The Morgan fingerprint density at radius 3 is 2.67 bits per heavy atom. The molecular weight excluding hydrogens is 268 g/mol. The van der Waals surface area contributed by atoms with E-state index in [0.717, 1.165) is 5.56 Å². The fourth-order valence-electron chi connectivity index (χ4n) is 2.06. The van der Waals surface area contributed by atoms with Gasteiger partial charge in [0.05, 0.1) is 13.2 Å². The molecular formula is C16H18N2O3. The lowest BCUT2D eigenvalue weighted by Gasteiger charge is -2.33. The van der Waals surface area contributed by atoms with E-state index < -0.39 is 6.04 Å². The maximum atomic E-state index is 12.2. The summed E-state index contributed by atoms with van der Waals surface area (Å²) in [6, 6.07) is 8.95. The van der Waals surface area contributed by atoms with Crippen LogP contribution in [0.4, 0.5) is 0 Å². The molecule has 5 heteroatoms. The first-order chi connectivity index (χ1) is 10.1. The summed E-state index contributed by atoms with van der Waals surface area (Å²) >= 11 is 0. The highest BCUT2D eigenvalue weighted by atomic mass is 16.5. The summed E-state index contributed by atoms with van der Waals surface area (Å²) in [5.41, 5.74) is 1.15. The Balaban J connectivity index is 1.93. The van der Waals surface area contributed by atoms with Crippen LogP contribution in [0.5, 0.6) is 0 Å². The molecule has 1 atom stereocenters. The zero-order valence-corrected chi connectivity index (χ0v) is 11.7. The lowest BCUT2D eigenvalue weighted by molar-refractivity contribution is -0.141. The van der Waals surface area contributed by atoms with Crippen molar-refractivity contribution in [3.05, 3.63) is 60.8 Å². The van der Waals surface area contributed by atoms with Crippen LogP contribution < -0.4 is 5.32 Å². The molecule has 1 aromatic rings. The van der Waals surface area contributed by atoms with Crippen LogP contribution in [-0.2, 0) is 20.9 Å². The van der Waals surface area contributed by atoms with Crippen LogP contribution in [0.25, 0.3) is 0 Å². The molecule has 0 unspecified atom stereocenters. The molecule has 0 spiro atoms. The number of rotatable bonds is 6. The van der Waals surface area contributed by atoms with Crippen LogP contribution in [-0.4, -0.2) is 35.9 Å². The quantitative estimate of drug-likeness (QED) is 0.632. The van der Waals surface area contributed by atoms with Crippen molar-refractivity contribution >= 4 is 11.8 Å². The Morgan fingerprint density at radius 2 is 2.00 bits per heavy atom. The van der Waals surface area contributed by atoms with Crippen molar-refractivity contribution in [3.8, 4) is 0 Å². The summed E-state index contributed by atoms with van der Waals surface area (Å²) in [5, 5.41) is 2.60. The fraction of sp³-hybridized carbons (Fsp3) is 0.250. The molecule has 1 aliphatic rings. The molecule has 110 valence electrons. The molecule has 0 bridgehead atoms. The van der Waals surface area contributed by atoms with Gasteiger partial charge >= 0.3 is 0 Å². The molecule has 1 aromatic carbocycles. The van der Waals surface area contributed by atoms with E-state index >= 15 is 0 Å². The number of ether oxygens (including phenoxy) is 1. The zero-order chi connectivity index (χ0) is 15.2. The predicted molar refractivity (Wildman–Crippen MR) is 79.1 cm³/mol. The first-order valence-electron chi connectivity index (χ1n) is 6.67. The Morgan fingerprint density at radius 1 is 1.29 bits per heavy atom. The topological polar surface area (TPSA) is 58.6 Å². The van der Waals surface area contributed by atoms with Crippen molar-refractivity contribution in [1.82, 2.24) is 10.2 Å². The van der Waals surface area contributed by atoms with Crippen LogP contribution in [0.3, 0.4) is 0 Å². The van der Waals surface area contributed by atoms with Gasteiger partial charge in [0.1, 0.15) is 11.7 Å². The number of carbonyl (C=O) groups is 2. The van der Waals surface area contributed by atoms with E-state index in [2.05, 4.69) is 18.5 Å². The highest BCUT2D eigenvalue weighted by Crippen LogP contribution is 2.12. The monoisotopic (exact) mass is 286 g/mol. The summed E-state index contributed by atoms with van der Waals surface area (Å²) in [6.07, 6.45) is 1.56. The molecule has 5 nitrogen and oxygen atoms in total. The van der Waals surface area contributed by atoms with Crippen molar-refractivity contribution in [1.29, 1.82) is 0 Å². The van der Waals surface area contributed by atoms with E-state index in [-0.39, 0.29) is 30.7 Å². The fourth-order valence-corrected chi connectivity index (χ4v) is 2.06. The van der Waals surface area contributed by atoms with E-state index in [1.807, 2.05) is 30.3 Å². The van der Waals surface area contributed by atoms with Crippen molar-refractivity contribution in [2.45, 2.75) is 12.6 Å². The third-order valence-corrected chi connectivity index (χ3v) is 3.17. The summed E-state index contributed by atoms with van der Waals surface area (Å²) in [5.74, 6) is -0.586. The van der Waals surface area contributed by atoms with Crippen molar-refractivity contribution in [2.24, 2.45) is 0 Å². The lowest BCUT2D eigenvalue weighted by atomic mass is 10.1. The number of nitrogens with one attached hydrogen (secondary N) is 1. The number of hydrogen-bond donors (Lipinski definition) is 1. The number of nitrogens with zero attached hydrogens (tertiary/aromatic N) is 1. The number of benzene rings is 1. The molecule has 1 aliphatic heterocycles. The molecule has 1 saturated heterocycles. The van der Waals surface area contributed by atoms with Gasteiger partial charge in [-0.05, 0) is 5.56 Å². The van der Waals surface area contributed by atoms with Gasteiger partial charge in [-0.2, -0.15) is 0 Å². The van der Waals surface area contributed by atoms with Crippen molar-refractivity contribution < 1.29 is 14.3 Å². The second-order valence-electron chi connectivity index (χ2n) is 4.71. The van der Waals surface area contributed by atoms with Crippen LogP contribution in [0.2, 0.25) is 0 Å². The molecule has 1 fully saturated rings. The van der Waals surface area contributed by atoms with Crippen LogP contribution in [0.1, 0.15) is 5.56 Å². The normalized spacial score (nSPS) is 18.6. The Kier molecular flexibility index (Phi) is 4.90. The molecule has 2 amide bonds. The first-order valence-corrected chi connectivity index (χ1v) is 6.67. The van der Waals surface area contributed by atoms with Crippen LogP contribution in [0.15, 0.2) is 55.3 Å². The SMILES string of the molecule is C=CCN1C(=C)C(=O)N[C@@H](COCc2ccccc2)C1=O. The number of hydrogen-bond acceptors (Lipinski definition) is 3. The Bertz CT molecular complexity index is 554. The van der Waals surface area contributed by atoms with Gasteiger partial charge in [-0.25, -0.2) is 0 Å². The Hall–Kier alpha value is -2.40. The van der Waals surface area contributed by atoms with Gasteiger partial charge in [-0.15, -0.1) is 6.58 Å². The van der Waals surface area contributed by atoms with E-state index in [1.54, 1.807) is 6.08 Å². The van der Waals surface area contributed by atoms with Gasteiger partial charge in [0, 0.05) is 6.54 Å². The molecule has 1 heterocycles. The third-order valence-electron chi connectivity index (χ3n) is 3.17. The van der Waals surface area contributed by atoms with Gasteiger partial charge in [-0.1, -0.05) is 43.0 Å². The van der Waals surface area contributed by atoms with Gasteiger partial charge in [0.2, 0.25) is 0 Å². The van der Waals surface area contributed by atoms with Crippen LogP contribution >= 0.6 is 0 Å². The number of carbonyl (C=O) groups excluding carboxylic acids is 2. The molecule has 0 aromatic heterocycles. The van der Waals surface area contributed by atoms with Gasteiger partial charge in [-0.3, -0.25) is 9.59 Å². The minimum atomic E-state index is -0.688. The van der Waals surface area contributed by atoms with E-state index in [9.17, 15) is 9.59 Å². The van der Waals surface area contributed by atoms with Crippen molar-refractivity contribution in [3.63, 3.8) is 0 Å². The molecule has 1 N–H and O–H groups in total. The summed E-state index contributed by atoms with van der Waals surface area (Å²) in [4.78, 5) is 25.3. The Labute approximate surface area is 123 Å². The molecule has 0 saturated carbocycles. The third kappa shape index (κ3) is 3.58. The average Bonchev–Trinajstić information content (AvgIpc) is 2.50. The van der Waals surface area contributed by atoms with E-state index in [4.69, 9.17) is 4.74 Å². The maximum Gasteiger partial charge on any atom is 0.268 e. The second kappa shape index (κ2) is 6.85. The molecule has 0 aliphatic carbocycles. The van der Waals surface area contributed by atoms with Crippen molar-refractivity contribution in [2.75, 3.05) is 13.2 Å². The van der Waals surface area contributed by atoms with E-state index in [1.165, 1.54) is 4.90 Å². The second-order valence-corrected chi connectivity index (χ2v) is 4.71. The highest BCUT2D eigenvalue weighted by molar-refractivity contribution is 6.04. The predicted octanol–water partition coefficient (Wildman–Crippen LogP) is 1.23. The average molecular weight is 286 g/mol. The molecule has 2 rings (SSSR count). The minimum absolute atomic E-state index is 0.125. The minimum Gasteiger partial charge on any atom is -0.374 e. The van der Waals surface area contributed by atoms with E-state index in [0.29, 0.717) is 6.61 Å². The van der Waals surface area contributed by atoms with Gasteiger partial charge in [0.15, 0.2) is 0 Å². The summed E-state index contributed by atoms with van der Waals surface area (Å²) in [7, 11) is 0. The smallest absolute Gasteiger partial charge is 0.268 e. The number of amides is 2. The first kappa shape index (κ1) is 15.0. The lowest BCUT2D eigenvalue weighted by Crippen LogP contribution is -2.57. The highest BCUT2D eigenvalue weighted by Gasteiger charge is 2.35. The summed E-state index contributed by atoms with van der Waals surface area (Å²) in [6.45, 7) is 7.97. The standard InChI is InChI=1S/C16H18N2O3/c1-3-9-18-12(2)15(19)17-14(16(18)20)11-21-10-13-7-5-4-6-8-13/h3-8,14H,1-2,9-11H2,(H,17,19)/t14-/m0/s1. The number of piperazine rings is 1. The van der Waals surface area contributed by atoms with Gasteiger partial charge < -0.3 is 15.0 Å².